The molecule has 0 aliphatic carbocycles. The molecule has 1 aromatic carbocycles. The van der Waals surface area contributed by atoms with Crippen LogP contribution in [0.15, 0.2) is 18.2 Å². The van der Waals surface area contributed by atoms with E-state index in [-0.39, 0.29) is 0 Å². The highest BCUT2D eigenvalue weighted by Gasteiger charge is 2.05. The van der Waals surface area contributed by atoms with E-state index in [0.717, 1.165) is 24.6 Å². The minimum absolute atomic E-state index is 0.678. The molecule has 1 aromatic rings. The van der Waals surface area contributed by atoms with Gasteiger partial charge in [-0.2, -0.15) is 0 Å². The summed E-state index contributed by atoms with van der Waals surface area (Å²) in [7, 11) is 0. The normalized spacial score (nSPS) is 10.4. The number of hydrogen-bond acceptors (Lipinski definition) is 3. The van der Waals surface area contributed by atoms with Crippen LogP contribution in [0.2, 0.25) is 0 Å². The molecule has 0 amide bonds. The lowest BCUT2D eigenvalue weighted by molar-refractivity contribution is 0.320. The molecular weight excluding hydrogens is 226 g/mol. The van der Waals surface area contributed by atoms with Crippen molar-refractivity contribution >= 4 is 0 Å². The van der Waals surface area contributed by atoms with Crippen LogP contribution in [-0.2, 0) is 6.54 Å². The van der Waals surface area contributed by atoms with Crippen molar-refractivity contribution in [2.75, 3.05) is 19.8 Å². The van der Waals surface area contributed by atoms with E-state index in [1.807, 2.05) is 26.0 Å². The fourth-order valence-electron chi connectivity index (χ4n) is 1.75. The van der Waals surface area contributed by atoms with E-state index in [1.54, 1.807) is 0 Å². The van der Waals surface area contributed by atoms with Gasteiger partial charge in [-0.1, -0.05) is 19.4 Å². The number of hydrogen-bond donors (Lipinski definition) is 1. The van der Waals surface area contributed by atoms with Crippen molar-refractivity contribution < 1.29 is 9.47 Å². The van der Waals surface area contributed by atoms with Crippen LogP contribution >= 0.6 is 0 Å². The molecule has 0 aromatic heterocycles. The quantitative estimate of drug-likeness (QED) is 0.683. The first kappa shape index (κ1) is 14.8. The maximum atomic E-state index is 5.66. The molecule has 102 valence electrons. The Morgan fingerprint density at radius 2 is 1.83 bits per heavy atom. The summed E-state index contributed by atoms with van der Waals surface area (Å²) >= 11 is 0. The summed E-state index contributed by atoms with van der Waals surface area (Å²) in [4.78, 5) is 0. The maximum absolute atomic E-state index is 5.66. The molecule has 3 heteroatoms. The summed E-state index contributed by atoms with van der Waals surface area (Å²) in [6.07, 6.45) is 2.43. The molecule has 0 saturated heterocycles. The van der Waals surface area contributed by atoms with E-state index in [4.69, 9.17) is 9.47 Å². The lowest BCUT2D eigenvalue weighted by atomic mass is 10.2. The third-order valence-electron chi connectivity index (χ3n) is 2.67. The van der Waals surface area contributed by atoms with Gasteiger partial charge >= 0.3 is 0 Å². The first-order valence-electron chi connectivity index (χ1n) is 6.91. The second-order valence-corrected chi connectivity index (χ2v) is 4.17. The zero-order valence-electron chi connectivity index (χ0n) is 11.8. The summed E-state index contributed by atoms with van der Waals surface area (Å²) in [6, 6.07) is 6.06. The van der Waals surface area contributed by atoms with Gasteiger partial charge < -0.3 is 14.8 Å². The highest BCUT2D eigenvalue weighted by atomic mass is 16.5. The fraction of sp³-hybridized carbons (Fsp3) is 0.600. The fourth-order valence-corrected chi connectivity index (χ4v) is 1.75. The van der Waals surface area contributed by atoms with Gasteiger partial charge in [0.1, 0.15) is 11.5 Å². The molecule has 0 bridgehead atoms. The number of benzene rings is 1. The molecule has 0 aliphatic rings. The summed E-state index contributed by atoms with van der Waals surface area (Å²) in [5.41, 5.74) is 1.19. The second-order valence-electron chi connectivity index (χ2n) is 4.17. The Labute approximate surface area is 110 Å². The Hall–Kier alpha value is -1.22. The molecule has 0 spiro atoms. The first-order valence-corrected chi connectivity index (χ1v) is 6.91. The Morgan fingerprint density at radius 1 is 1.06 bits per heavy atom. The second kappa shape index (κ2) is 8.81. The van der Waals surface area contributed by atoms with Crippen LogP contribution in [0.3, 0.4) is 0 Å². The van der Waals surface area contributed by atoms with Gasteiger partial charge in [0.2, 0.25) is 0 Å². The molecule has 0 radical (unpaired) electrons. The van der Waals surface area contributed by atoms with Crippen LogP contribution in [0.4, 0.5) is 0 Å². The lowest BCUT2D eigenvalue weighted by Gasteiger charge is -2.13. The standard InChI is InChI=1S/C15H25NO2/c1-4-7-10-16-12-13-8-9-14(17-5-2)11-15(13)18-6-3/h8-9,11,16H,4-7,10,12H2,1-3H3. The summed E-state index contributed by atoms with van der Waals surface area (Å²) in [6.45, 7) is 9.45. The molecule has 0 heterocycles. The number of ether oxygens (including phenoxy) is 2. The predicted octanol–water partition coefficient (Wildman–Crippen LogP) is 3.37. The Balaban J connectivity index is 2.63. The average molecular weight is 251 g/mol. The Bertz CT molecular complexity index is 339. The molecule has 0 aliphatic heterocycles. The van der Waals surface area contributed by atoms with Crippen molar-refractivity contribution in [3.05, 3.63) is 23.8 Å². The van der Waals surface area contributed by atoms with E-state index in [2.05, 4.69) is 18.3 Å². The molecule has 1 N–H and O–H groups in total. The molecule has 0 fully saturated rings. The molecule has 0 saturated carbocycles. The summed E-state index contributed by atoms with van der Waals surface area (Å²) in [5.74, 6) is 1.80. The van der Waals surface area contributed by atoms with Crippen molar-refractivity contribution in [3.8, 4) is 11.5 Å². The largest absolute Gasteiger partial charge is 0.494 e. The SMILES string of the molecule is CCCCNCc1ccc(OCC)cc1OCC. The van der Waals surface area contributed by atoms with Crippen molar-refractivity contribution in [2.24, 2.45) is 0 Å². The van der Waals surface area contributed by atoms with Crippen molar-refractivity contribution in [1.29, 1.82) is 0 Å². The van der Waals surface area contributed by atoms with Gasteiger partial charge in [0.15, 0.2) is 0 Å². The third kappa shape index (κ3) is 4.96. The van der Waals surface area contributed by atoms with E-state index < -0.39 is 0 Å². The zero-order valence-corrected chi connectivity index (χ0v) is 11.8. The van der Waals surface area contributed by atoms with E-state index in [0.29, 0.717) is 13.2 Å². The number of unbranched alkanes of at least 4 members (excludes halogenated alkanes) is 1. The maximum Gasteiger partial charge on any atom is 0.127 e. The van der Waals surface area contributed by atoms with E-state index >= 15 is 0 Å². The molecule has 18 heavy (non-hydrogen) atoms. The molecular formula is C15H25NO2. The summed E-state index contributed by atoms with van der Waals surface area (Å²) < 4.78 is 11.2. The predicted molar refractivity (Wildman–Crippen MR) is 75.4 cm³/mol. The third-order valence-corrected chi connectivity index (χ3v) is 2.67. The highest BCUT2D eigenvalue weighted by Crippen LogP contribution is 2.25. The van der Waals surface area contributed by atoms with Crippen LogP contribution < -0.4 is 14.8 Å². The Morgan fingerprint density at radius 3 is 2.50 bits per heavy atom. The summed E-state index contributed by atoms with van der Waals surface area (Å²) in [5, 5.41) is 3.43. The lowest BCUT2D eigenvalue weighted by Crippen LogP contribution is -2.15. The molecule has 1 rings (SSSR count). The molecule has 3 nitrogen and oxygen atoms in total. The van der Waals surface area contributed by atoms with Gasteiger partial charge in [0, 0.05) is 18.2 Å². The van der Waals surface area contributed by atoms with Crippen LogP contribution in [0, 0.1) is 0 Å². The van der Waals surface area contributed by atoms with Gasteiger partial charge in [-0.15, -0.1) is 0 Å². The van der Waals surface area contributed by atoms with Crippen LogP contribution in [0.5, 0.6) is 11.5 Å². The molecule has 0 unspecified atom stereocenters. The smallest absolute Gasteiger partial charge is 0.127 e. The highest BCUT2D eigenvalue weighted by molar-refractivity contribution is 5.40. The number of nitrogens with one attached hydrogen (secondary N) is 1. The van der Waals surface area contributed by atoms with E-state index in [1.165, 1.54) is 18.4 Å². The van der Waals surface area contributed by atoms with Gasteiger partial charge in [0.05, 0.1) is 13.2 Å². The van der Waals surface area contributed by atoms with Crippen molar-refractivity contribution in [2.45, 2.75) is 40.2 Å². The average Bonchev–Trinajstić information content (AvgIpc) is 2.37. The zero-order chi connectivity index (χ0) is 13.2. The van der Waals surface area contributed by atoms with Gasteiger partial charge in [-0.25, -0.2) is 0 Å². The minimum atomic E-state index is 0.678. The van der Waals surface area contributed by atoms with Crippen molar-refractivity contribution in [1.82, 2.24) is 5.32 Å². The monoisotopic (exact) mass is 251 g/mol. The minimum Gasteiger partial charge on any atom is -0.494 e. The van der Waals surface area contributed by atoms with Gasteiger partial charge in [-0.3, -0.25) is 0 Å². The van der Waals surface area contributed by atoms with Crippen LogP contribution in [0.1, 0.15) is 39.2 Å². The number of rotatable bonds is 9. The Kier molecular flexibility index (Phi) is 7.26. The molecule has 0 atom stereocenters. The first-order chi connectivity index (χ1) is 8.81. The van der Waals surface area contributed by atoms with Crippen molar-refractivity contribution in [3.63, 3.8) is 0 Å². The van der Waals surface area contributed by atoms with E-state index in [9.17, 15) is 0 Å². The van der Waals surface area contributed by atoms with Gasteiger partial charge in [0.25, 0.3) is 0 Å². The topological polar surface area (TPSA) is 30.5 Å². The van der Waals surface area contributed by atoms with Gasteiger partial charge in [-0.05, 0) is 32.9 Å². The van der Waals surface area contributed by atoms with Crippen LogP contribution in [-0.4, -0.2) is 19.8 Å². The van der Waals surface area contributed by atoms with Crippen LogP contribution in [0.25, 0.3) is 0 Å².